The van der Waals surface area contributed by atoms with Crippen molar-refractivity contribution in [2.24, 2.45) is 17.8 Å². The van der Waals surface area contributed by atoms with Gasteiger partial charge in [-0.15, -0.1) is 0 Å². The molecule has 0 bridgehead atoms. The third-order valence-corrected chi connectivity index (χ3v) is 2.84. The molecule has 0 spiro atoms. The molecule has 2 unspecified atom stereocenters. The lowest BCUT2D eigenvalue weighted by Crippen LogP contribution is -2.40. The molecule has 1 heteroatoms. The standard InChI is InChI=1S/C11H25N/c1-7-10(8(2)3)11(12-6)9(4)5/h8-12H,7H2,1-6H3. The maximum atomic E-state index is 3.43. The van der Waals surface area contributed by atoms with Crippen molar-refractivity contribution in [3.63, 3.8) is 0 Å². The fraction of sp³-hybridized carbons (Fsp3) is 1.00. The fourth-order valence-corrected chi connectivity index (χ4v) is 2.18. The molecule has 0 fully saturated rings. The average molecular weight is 171 g/mol. The minimum atomic E-state index is 0.676. The Bertz CT molecular complexity index is 93.6. The van der Waals surface area contributed by atoms with Crippen molar-refractivity contribution in [1.82, 2.24) is 5.32 Å². The summed E-state index contributed by atoms with van der Waals surface area (Å²) in [7, 11) is 2.08. The molecule has 0 heterocycles. The normalized spacial score (nSPS) is 17.0. The molecule has 12 heavy (non-hydrogen) atoms. The van der Waals surface area contributed by atoms with Gasteiger partial charge in [-0.05, 0) is 24.8 Å². The number of hydrogen-bond donors (Lipinski definition) is 1. The van der Waals surface area contributed by atoms with Crippen LogP contribution < -0.4 is 5.32 Å². The van der Waals surface area contributed by atoms with Gasteiger partial charge in [0.1, 0.15) is 0 Å². The van der Waals surface area contributed by atoms with Gasteiger partial charge in [-0.25, -0.2) is 0 Å². The van der Waals surface area contributed by atoms with Gasteiger partial charge in [-0.3, -0.25) is 0 Å². The van der Waals surface area contributed by atoms with E-state index in [1.54, 1.807) is 0 Å². The van der Waals surface area contributed by atoms with Crippen molar-refractivity contribution in [3.8, 4) is 0 Å². The van der Waals surface area contributed by atoms with Crippen molar-refractivity contribution < 1.29 is 0 Å². The van der Waals surface area contributed by atoms with E-state index in [4.69, 9.17) is 0 Å². The van der Waals surface area contributed by atoms with Crippen LogP contribution in [0.1, 0.15) is 41.0 Å². The van der Waals surface area contributed by atoms with E-state index in [-0.39, 0.29) is 0 Å². The molecule has 0 aromatic rings. The predicted molar refractivity (Wildman–Crippen MR) is 56.3 cm³/mol. The van der Waals surface area contributed by atoms with Gasteiger partial charge in [0.05, 0.1) is 0 Å². The largest absolute Gasteiger partial charge is 0.316 e. The molecule has 0 saturated heterocycles. The van der Waals surface area contributed by atoms with Gasteiger partial charge in [0.25, 0.3) is 0 Å². The zero-order chi connectivity index (χ0) is 9.72. The number of rotatable bonds is 5. The summed E-state index contributed by atoms with van der Waals surface area (Å²) >= 11 is 0. The molecule has 0 aliphatic rings. The van der Waals surface area contributed by atoms with Crippen LogP contribution in [0.2, 0.25) is 0 Å². The van der Waals surface area contributed by atoms with Crippen LogP contribution in [-0.4, -0.2) is 13.1 Å². The molecule has 1 N–H and O–H groups in total. The lowest BCUT2D eigenvalue weighted by Gasteiger charge is -2.32. The molecule has 1 nitrogen and oxygen atoms in total. The van der Waals surface area contributed by atoms with Crippen LogP contribution in [0.25, 0.3) is 0 Å². The summed E-state index contributed by atoms with van der Waals surface area (Å²) in [5.41, 5.74) is 0. The van der Waals surface area contributed by atoms with Gasteiger partial charge in [0.15, 0.2) is 0 Å². The van der Waals surface area contributed by atoms with Crippen molar-refractivity contribution >= 4 is 0 Å². The fourth-order valence-electron chi connectivity index (χ4n) is 2.18. The van der Waals surface area contributed by atoms with Gasteiger partial charge in [-0.2, -0.15) is 0 Å². The smallest absolute Gasteiger partial charge is 0.0118 e. The van der Waals surface area contributed by atoms with E-state index in [2.05, 4.69) is 47.0 Å². The molecule has 0 aromatic heterocycles. The minimum absolute atomic E-state index is 0.676. The van der Waals surface area contributed by atoms with Gasteiger partial charge < -0.3 is 5.32 Å². The van der Waals surface area contributed by atoms with E-state index >= 15 is 0 Å². The molecule has 0 rings (SSSR count). The van der Waals surface area contributed by atoms with Gasteiger partial charge >= 0.3 is 0 Å². The lowest BCUT2D eigenvalue weighted by atomic mass is 9.81. The first-order chi connectivity index (χ1) is 5.54. The zero-order valence-electron chi connectivity index (χ0n) is 9.52. The second-order valence-corrected chi connectivity index (χ2v) is 4.37. The Morgan fingerprint density at radius 2 is 1.50 bits per heavy atom. The first-order valence-corrected chi connectivity index (χ1v) is 5.21. The highest BCUT2D eigenvalue weighted by atomic mass is 14.9. The van der Waals surface area contributed by atoms with Crippen LogP contribution in [0.5, 0.6) is 0 Å². The van der Waals surface area contributed by atoms with E-state index in [0.29, 0.717) is 6.04 Å². The Kier molecular flexibility index (Phi) is 5.56. The van der Waals surface area contributed by atoms with Crippen molar-refractivity contribution in [2.75, 3.05) is 7.05 Å². The topological polar surface area (TPSA) is 12.0 Å². The average Bonchev–Trinajstić information content (AvgIpc) is 1.98. The third-order valence-electron chi connectivity index (χ3n) is 2.84. The third kappa shape index (κ3) is 3.14. The molecular formula is C11H25N. The van der Waals surface area contributed by atoms with Crippen LogP contribution in [0, 0.1) is 17.8 Å². The molecule has 0 amide bonds. The Labute approximate surface area is 77.9 Å². The summed E-state index contributed by atoms with van der Waals surface area (Å²) in [6, 6.07) is 0.676. The molecule has 74 valence electrons. The monoisotopic (exact) mass is 171 g/mol. The Morgan fingerprint density at radius 3 is 1.58 bits per heavy atom. The SMILES string of the molecule is CCC(C(C)C)C(NC)C(C)C. The zero-order valence-corrected chi connectivity index (χ0v) is 9.52. The highest BCUT2D eigenvalue weighted by molar-refractivity contribution is 4.79. The summed E-state index contributed by atoms with van der Waals surface area (Å²) in [4.78, 5) is 0. The van der Waals surface area contributed by atoms with Gasteiger partial charge in [-0.1, -0.05) is 41.0 Å². The van der Waals surface area contributed by atoms with Gasteiger partial charge in [0, 0.05) is 6.04 Å². The van der Waals surface area contributed by atoms with Crippen LogP contribution in [0.3, 0.4) is 0 Å². The number of nitrogens with one attached hydrogen (secondary N) is 1. The molecule has 2 atom stereocenters. The predicted octanol–water partition coefficient (Wildman–Crippen LogP) is 2.91. The van der Waals surface area contributed by atoms with E-state index < -0.39 is 0 Å². The van der Waals surface area contributed by atoms with E-state index in [1.165, 1.54) is 6.42 Å². The molecule has 0 aliphatic heterocycles. The van der Waals surface area contributed by atoms with Gasteiger partial charge in [0.2, 0.25) is 0 Å². The Hall–Kier alpha value is -0.0400. The molecule has 0 aromatic carbocycles. The van der Waals surface area contributed by atoms with E-state index in [9.17, 15) is 0 Å². The molecular weight excluding hydrogens is 146 g/mol. The molecule has 0 radical (unpaired) electrons. The summed E-state index contributed by atoms with van der Waals surface area (Å²) in [5.74, 6) is 2.34. The summed E-state index contributed by atoms with van der Waals surface area (Å²) in [6.45, 7) is 11.5. The van der Waals surface area contributed by atoms with Crippen molar-refractivity contribution in [1.29, 1.82) is 0 Å². The van der Waals surface area contributed by atoms with Crippen LogP contribution >= 0.6 is 0 Å². The van der Waals surface area contributed by atoms with Crippen LogP contribution in [-0.2, 0) is 0 Å². The second kappa shape index (κ2) is 5.58. The summed E-state index contributed by atoms with van der Waals surface area (Å²) in [6.07, 6.45) is 1.28. The minimum Gasteiger partial charge on any atom is -0.316 e. The maximum Gasteiger partial charge on any atom is 0.0118 e. The van der Waals surface area contributed by atoms with E-state index in [1.807, 2.05) is 0 Å². The maximum absolute atomic E-state index is 3.43. The Balaban J connectivity index is 4.23. The van der Waals surface area contributed by atoms with E-state index in [0.717, 1.165) is 17.8 Å². The quantitative estimate of drug-likeness (QED) is 0.670. The van der Waals surface area contributed by atoms with Crippen molar-refractivity contribution in [2.45, 2.75) is 47.1 Å². The first-order valence-electron chi connectivity index (χ1n) is 5.21. The first kappa shape index (κ1) is 12.0. The Morgan fingerprint density at radius 1 is 1.00 bits per heavy atom. The second-order valence-electron chi connectivity index (χ2n) is 4.37. The highest BCUT2D eigenvalue weighted by Crippen LogP contribution is 2.23. The molecule has 0 saturated carbocycles. The molecule has 0 aliphatic carbocycles. The number of hydrogen-bond acceptors (Lipinski definition) is 1. The van der Waals surface area contributed by atoms with Crippen LogP contribution in [0.15, 0.2) is 0 Å². The summed E-state index contributed by atoms with van der Waals surface area (Å²) in [5, 5.41) is 3.43. The lowest BCUT2D eigenvalue weighted by molar-refractivity contribution is 0.229. The van der Waals surface area contributed by atoms with Crippen molar-refractivity contribution in [3.05, 3.63) is 0 Å². The summed E-state index contributed by atoms with van der Waals surface area (Å²) < 4.78 is 0. The van der Waals surface area contributed by atoms with Crippen LogP contribution in [0.4, 0.5) is 0 Å². The highest BCUT2D eigenvalue weighted by Gasteiger charge is 2.23.